The maximum absolute atomic E-state index is 10.7. The van der Waals surface area contributed by atoms with E-state index in [1.165, 1.54) is 5.48 Å². The summed E-state index contributed by atoms with van der Waals surface area (Å²) >= 11 is 0. The van der Waals surface area contributed by atoms with Crippen LogP contribution in [0.3, 0.4) is 0 Å². The van der Waals surface area contributed by atoms with Gasteiger partial charge in [0, 0.05) is 12.8 Å². The van der Waals surface area contributed by atoms with Crippen LogP contribution in [0, 0.1) is 0 Å². The zero-order chi connectivity index (χ0) is 10.3. The van der Waals surface area contributed by atoms with Crippen LogP contribution in [0.2, 0.25) is 0 Å². The van der Waals surface area contributed by atoms with Crippen LogP contribution in [-0.2, 0) is 14.4 Å². The highest BCUT2D eigenvalue weighted by Crippen LogP contribution is 2.00. The van der Waals surface area contributed by atoms with Gasteiger partial charge in [-0.15, -0.1) is 0 Å². The van der Waals surface area contributed by atoms with Crippen molar-refractivity contribution >= 4 is 17.7 Å². The zero-order valence-corrected chi connectivity index (χ0v) is 6.95. The van der Waals surface area contributed by atoms with Crippen LogP contribution in [0.4, 0.5) is 0 Å². The zero-order valence-electron chi connectivity index (χ0n) is 6.95. The van der Waals surface area contributed by atoms with E-state index >= 15 is 0 Å². The average molecular weight is 189 g/mol. The molecule has 0 rings (SSSR count). The Morgan fingerprint density at radius 1 is 1.08 bits per heavy atom. The molecule has 6 heteroatoms. The number of ketones is 1. The monoisotopic (exact) mass is 189 g/mol. The molecule has 0 aliphatic carbocycles. The first kappa shape index (κ1) is 11.6. The molecule has 0 aliphatic rings. The number of carbonyl (C=O) groups excluding carboxylic acids is 2. The largest absolute Gasteiger partial charge is 0.481 e. The van der Waals surface area contributed by atoms with E-state index in [1.807, 2.05) is 0 Å². The van der Waals surface area contributed by atoms with Crippen molar-refractivity contribution in [2.24, 2.45) is 0 Å². The van der Waals surface area contributed by atoms with Gasteiger partial charge in [0.2, 0.25) is 5.78 Å². The van der Waals surface area contributed by atoms with E-state index in [9.17, 15) is 14.4 Å². The van der Waals surface area contributed by atoms with E-state index < -0.39 is 17.7 Å². The van der Waals surface area contributed by atoms with Crippen LogP contribution >= 0.6 is 0 Å². The molecule has 0 radical (unpaired) electrons. The summed E-state index contributed by atoms with van der Waals surface area (Å²) < 4.78 is 0. The Labute approximate surface area is 74.5 Å². The second-order valence-electron chi connectivity index (χ2n) is 2.46. The van der Waals surface area contributed by atoms with Crippen molar-refractivity contribution in [3.8, 4) is 0 Å². The van der Waals surface area contributed by atoms with Gasteiger partial charge in [-0.25, -0.2) is 5.48 Å². The Kier molecular flexibility index (Phi) is 5.45. The van der Waals surface area contributed by atoms with Crippen LogP contribution in [-0.4, -0.2) is 28.0 Å². The maximum atomic E-state index is 10.7. The van der Waals surface area contributed by atoms with E-state index in [-0.39, 0.29) is 12.8 Å². The van der Waals surface area contributed by atoms with Gasteiger partial charge in [0.15, 0.2) is 0 Å². The fourth-order valence-corrected chi connectivity index (χ4v) is 0.738. The Balaban J connectivity index is 3.48. The predicted molar refractivity (Wildman–Crippen MR) is 41.0 cm³/mol. The van der Waals surface area contributed by atoms with Gasteiger partial charge in [-0.1, -0.05) is 0 Å². The highest BCUT2D eigenvalue weighted by molar-refractivity contribution is 6.35. The molecule has 0 saturated heterocycles. The van der Waals surface area contributed by atoms with E-state index in [4.69, 9.17) is 10.3 Å². The molecule has 74 valence electrons. The van der Waals surface area contributed by atoms with Crippen molar-refractivity contribution in [3.05, 3.63) is 0 Å². The highest BCUT2D eigenvalue weighted by Gasteiger charge is 2.11. The Bertz CT molecular complexity index is 213. The molecule has 0 aliphatic heterocycles. The summed E-state index contributed by atoms with van der Waals surface area (Å²) in [5, 5.41) is 16.3. The van der Waals surface area contributed by atoms with Crippen LogP contribution < -0.4 is 5.48 Å². The number of carboxylic acid groups (broad SMARTS) is 1. The summed E-state index contributed by atoms with van der Waals surface area (Å²) in [5.74, 6) is -2.73. The Hall–Kier alpha value is -1.43. The molecule has 0 unspecified atom stereocenters. The van der Waals surface area contributed by atoms with Crippen LogP contribution in [0.5, 0.6) is 0 Å². The molecule has 6 nitrogen and oxygen atoms in total. The summed E-state index contributed by atoms with van der Waals surface area (Å²) in [6.07, 6.45) is 0.617. The van der Waals surface area contributed by atoms with Gasteiger partial charge in [-0.05, 0) is 12.8 Å². The van der Waals surface area contributed by atoms with Gasteiger partial charge in [-0.3, -0.25) is 19.6 Å². The lowest BCUT2D eigenvalue weighted by molar-refractivity contribution is -0.143. The molecule has 0 fully saturated rings. The SMILES string of the molecule is O=C(O)CCCCC(=O)C(=O)NO. The molecule has 0 heterocycles. The molecular weight excluding hydrogens is 178 g/mol. The number of unbranched alkanes of at least 4 members (excludes halogenated alkanes) is 1. The van der Waals surface area contributed by atoms with Crippen molar-refractivity contribution in [2.45, 2.75) is 25.7 Å². The average Bonchev–Trinajstić information content (AvgIpc) is 2.10. The summed E-state index contributed by atoms with van der Waals surface area (Å²) in [6.45, 7) is 0. The number of Topliss-reactive ketones (excluding diaryl/α,β-unsaturated/α-hetero) is 1. The van der Waals surface area contributed by atoms with Crippen LogP contribution in [0.25, 0.3) is 0 Å². The van der Waals surface area contributed by atoms with E-state index in [0.717, 1.165) is 0 Å². The Morgan fingerprint density at radius 2 is 1.62 bits per heavy atom. The molecule has 0 aromatic heterocycles. The van der Waals surface area contributed by atoms with Crippen molar-refractivity contribution in [1.82, 2.24) is 5.48 Å². The lowest BCUT2D eigenvalue weighted by atomic mass is 10.1. The molecule has 0 aromatic carbocycles. The van der Waals surface area contributed by atoms with Crippen molar-refractivity contribution in [2.75, 3.05) is 0 Å². The van der Waals surface area contributed by atoms with Gasteiger partial charge in [0.05, 0.1) is 0 Å². The number of hydrogen-bond acceptors (Lipinski definition) is 4. The third kappa shape index (κ3) is 5.80. The number of carboxylic acids is 1. The Morgan fingerprint density at radius 3 is 2.08 bits per heavy atom. The number of carbonyl (C=O) groups is 3. The molecule has 0 atom stereocenters. The molecule has 3 N–H and O–H groups in total. The van der Waals surface area contributed by atoms with Crippen molar-refractivity contribution < 1.29 is 24.7 Å². The maximum Gasteiger partial charge on any atom is 0.310 e. The summed E-state index contributed by atoms with van der Waals surface area (Å²) in [5.41, 5.74) is 1.21. The second kappa shape index (κ2) is 6.13. The number of rotatable bonds is 6. The van der Waals surface area contributed by atoms with Gasteiger partial charge in [-0.2, -0.15) is 0 Å². The minimum Gasteiger partial charge on any atom is -0.481 e. The standard InChI is InChI=1S/C7H11NO5/c9-5(7(12)8-13)3-1-2-4-6(10)11/h13H,1-4H2,(H,8,12)(H,10,11). The highest BCUT2D eigenvalue weighted by atomic mass is 16.5. The second-order valence-corrected chi connectivity index (χ2v) is 2.46. The van der Waals surface area contributed by atoms with Crippen molar-refractivity contribution in [1.29, 1.82) is 0 Å². The number of amides is 1. The van der Waals surface area contributed by atoms with Gasteiger partial charge in [0.25, 0.3) is 0 Å². The first-order valence-electron chi connectivity index (χ1n) is 3.77. The minimum atomic E-state index is -1.06. The van der Waals surface area contributed by atoms with Crippen LogP contribution in [0.1, 0.15) is 25.7 Å². The summed E-state index contributed by atoms with van der Waals surface area (Å²) in [4.78, 5) is 31.1. The lowest BCUT2D eigenvalue weighted by Gasteiger charge is -1.97. The molecule has 1 amide bonds. The molecule has 0 saturated carbocycles. The first-order chi connectivity index (χ1) is 6.07. The van der Waals surface area contributed by atoms with Crippen molar-refractivity contribution in [3.63, 3.8) is 0 Å². The third-order valence-electron chi connectivity index (χ3n) is 1.40. The van der Waals surface area contributed by atoms with Crippen LogP contribution in [0.15, 0.2) is 0 Å². The quantitative estimate of drug-likeness (QED) is 0.230. The van der Waals surface area contributed by atoms with E-state index in [0.29, 0.717) is 12.8 Å². The third-order valence-corrected chi connectivity index (χ3v) is 1.40. The minimum absolute atomic E-state index is 0.0198. The van der Waals surface area contributed by atoms with E-state index in [1.54, 1.807) is 0 Å². The predicted octanol–water partition coefficient (Wildman–Crippen LogP) is -0.294. The number of nitrogens with one attached hydrogen (secondary N) is 1. The molecular formula is C7H11NO5. The summed E-state index contributed by atoms with van der Waals surface area (Å²) in [7, 11) is 0. The molecule has 0 aromatic rings. The lowest BCUT2D eigenvalue weighted by Crippen LogP contribution is -2.27. The molecule has 0 spiro atoms. The molecule has 0 bridgehead atoms. The smallest absolute Gasteiger partial charge is 0.310 e. The first-order valence-corrected chi connectivity index (χ1v) is 3.77. The fourth-order valence-electron chi connectivity index (χ4n) is 0.738. The molecule has 13 heavy (non-hydrogen) atoms. The normalized spacial score (nSPS) is 9.31. The fraction of sp³-hybridized carbons (Fsp3) is 0.571. The van der Waals surface area contributed by atoms with Gasteiger partial charge < -0.3 is 5.11 Å². The topological polar surface area (TPSA) is 104 Å². The summed E-state index contributed by atoms with van der Waals surface area (Å²) in [6, 6.07) is 0. The number of hydroxylamine groups is 1. The number of hydrogen-bond donors (Lipinski definition) is 3. The number of aliphatic carboxylic acids is 1. The van der Waals surface area contributed by atoms with E-state index in [2.05, 4.69) is 0 Å². The van der Waals surface area contributed by atoms with Gasteiger partial charge in [0.1, 0.15) is 0 Å². The van der Waals surface area contributed by atoms with Gasteiger partial charge >= 0.3 is 11.9 Å².